The number of rotatable bonds is 3. The van der Waals surface area contributed by atoms with Gasteiger partial charge in [0.25, 0.3) is 5.91 Å². The van der Waals surface area contributed by atoms with Crippen molar-refractivity contribution in [2.75, 3.05) is 26.2 Å². The Morgan fingerprint density at radius 3 is 2.80 bits per heavy atom. The molecule has 2 N–H and O–H groups in total. The Morgan fingerprint density at radius 1 is 1.45 bits per heavy atom. The minimum atomic E-state index is -0.351. The summed E-state index contributed by atoms with van der Waals surface area (Å²) in [7, 11) is 1.78. The molecule has 2 rings (SSSR count). The summed E-state index contributed by atoms with van der Waals surface area (Å²) >= 11 is 0. The van der Waals surface area contributed by atoms with Crippen LogP contribution in [0, 0.1) is 0 Å². The van der Waals surface area contributed by atoms with E-state index >= 15 is 0 Å². The second-order valence-electron chi connectivity index (χ2n) is 5.79. The topological polar surface area (TPSA) is 66.4 Å². The van der Waals surface area contributed by atoms with Gasteiger partial charge < -0.3 is 9.88 Å². The van der Waals surface area contributed by atoms with Crippen LogP contribution in [0.5, 0.6) is 0 Å². The van der Waals surface area contributed by atoms with E-state index in [9.17, 15) is 9.59 Å². The van der Waals surface area contributed by atoms with Crippen molar-refractivity contribution in [2.45, 2.75) is 19.4 Å². The van der Waals surface area contributed by atoms with Gasteiger partial charge in [0.1, 0.15) is 5.69 Å². The van der Waals surface area contributed by atoms with Crippen LogP contribution in [0.4, 0.5) is 0 Å². The first kappa shape index (κ1) is 14.7. The van der Waals surface area contributed by atoms with Crippen molar-refractivity contribution in [3.63, 3.8) is 0 Å². The number of hydrogen-bond acceptors (Lipinski definition) is 4. The van der Waals surface area contributed by atoms with E-state index in [4.69, 9.17) is 0 Å². The van der Waals surface area contributed by atoms with Crippen molar-refractivity contribution in [3.05, 3.63) is 24.0 Å². The van der Waals surface area contributed by atoms with Crippen molar-refractivity contribution in [3.8, 4) is 0 Å². The van der Waals surface area contributed by atoms with Gasteiger partial charge in [0, 0.05) is 38.4 Å². The van der Waals surface area contributed by atoms with Gasteiger partial charge in [-0.25, -0.2) is 0 Å². The van der Waals surface area contributed by atoms with Gasteiger partial charge in [-0.2, -0.15) is 0 Å². The molecule has 1 fully saturated rings. The average Bonchev–Trinajstić information content (AvgIpc) is 2.78. The number of amides is 2. The second-order valence-corrected chi connectivity index (χ2v) is 5.79. The fourth-order valence-corrected chi connectivity index (χ4v) is 2.42. The number of nitrogens with zero attached hydrogens (tertiary/aromatic N) is 2. The van der Waals surface area contributed by atoms with E-state index in [0.717, 1.165) is 19.6 Å². The molecule has 1 aromatic heterocycles. The molecule has 0 aliphatic carbocycles. The number of hydrogen-bond donors (Lipinski definition) is 2. The number of imide groups is 1. The quantitative estimate of drug-likeness (QED) is 0.814. The summed E-state index contributed by atoms with van der Waals surface area (Å²) in [6.45, 7) is 6.93. The molecule has 0 spiro atoms. The Bertz CT molecular complexity index is 507. The van der Waals surface area contributed by atoms with Gasteiger partial charge in [0.15, 0.2) is 0 Å². The second kappa shape index (κ2) is 5.76. The van der Waals surface area contributed by atoms with Gasteiger partial charge in [-0.3, -0.25) is 19.8 Å². The van der Waals surface area contributed by atoms with Crippen LogP contribution in [-0.4, -0.2) is 53.0 Å². The van der Waals surface area contributed by atoms with Crippen LogP contribution in [0.25, 0.3) is 0 Å². The standard InChI is InChI=1S/C14H22N4O2/c1-14(2)10-15-6-8-18(14)9-12(19)16-13(20)11-5-4-7-17(11)3/h4-5,7,15H,6,8-10H2,1-3H3,(H,16,19,20). The fraction of sp³-hybridized carbons (Fsp3) is 0.571. The van der Waals surface area contributed by atoms with Crippen molar-refractivity contribution >= 4 is 11.8 Å². The normalized spacial score (nSPS) is 18.8. The molecule has 2 heterocycles. The SMILES string of the molecule is Cn1cccc1C(=O)NC(=O)CN1CCNCC1(C)C. The highest BCUT2D eigenvalue weighted by atomic mass is 16.2. The summed E-state index contributed by atoms with van der Waals surface area (Å²) in [5.74, 6) is -0.610. The van der Waals surface area contributed by atoms with Gasteiger partial charge in [0.05, 0.1) is 6.54 Å². The molecule has 1 saturated heterocycles. The number of carbonyl (C=O) groups is 2. The highest BCUT2D eigenvalue weighted by Crippen LogP contribution is 2.15. The predicted molar refractivity (Wildman–Crippen MR) is 76.4 cm³/mol. The van der Waals surface area contributed by atoms with Crippen LogP contribution in [0.2, 0.25) is 0 Å². The number of carbonyl (C=O) groups excluding carboxylic acids is 2. The molecule has 20 heavy (non-hydrogen) atoms. The van der Waals surface area contributed by atoms with Crippen LogP contribution in [0.1, 0.15) is 24.3 Å². The maximum Gasteiger partial charge on any atom is 0.274 e. The molecule has 0 radical (unpaired) electrons. The lowest BCUT2D eigenvalue weighted by Gasteiger charge is -2.42. The van der Waals surface area contributed by atoms with E-state index in [1.165, 1.54) is 0 Å². The summed E-state index contributed by atoms with van der Waals surface area (Å²) in [6, 6.07) is 3.47. The van der Waals surface area contributed by atoms with Gasteiger partial charge in [-0.05, 0) is 26.0 Å². The minimum absolute atomic E-state index is 0.0798. The smallest absolute Gasteiger partial charge is 0.274 e. The van der Waals surface area contributed by atoms with Crippen molar-refractivity contribution in [1.82, 2.24) is 20.1 Å². The number of nitrogens with one attached hydrogen (secondary N) is 2. The number of aromatic nitrogens is 1. The molecular weight excluding hydrogens is 256 g/mol. The summed E-state index contributed by atoms with van der Waals surface area (Å²) in [5.41, 5.74) is 0.404. The minimum Gasteiger partial charge on any atom is -0.347 e. The number of aryl methyl sites for hydroxylation is 1. The molecule has 0 bridgehead atoms. The molecule has 1 aromatic rings. The molecule has 0 unspecified atom stereocenters. The van der Waals surface area contributed by atoms with E-state index in [2.05, 4.69) is 29.4 Å². The van der Waals surface area contributed by atoms with Gasteiger partial charge in [0.2, 0.25) is 5.91 Å². The Labute approximate surface area is 119 Å². The third kappa shape index (κ3) is 3.26. The van der Waals surface area contributed by atoms with Crippen LogP contribution in [-0.2, 0) is 11.8 Å². The van der Waals surface area contributed by atoms with E-state index in [-0.39, 0.29) is 23.9 Å². The van der Waals surface area contributed by atoms with Gasteiger partial charge in [-0.1, -0.05) is 0 Å². The Hall–Kier alpha value is -1.66. The predicted octanol–water partition coefficient (Wildman–Crippen LogP) is -0.0347. The zero-order valence-electron chi connectivity index (χ0n) is 12.3. The van der Waals surface area contributed by atoms with Crippen LogP contribution in [0.3, 0.4) is 0 Å². The lowest BCUT2D eigenvalue weighted by molar-refractivity contribution is -0.123. The molecule has 6 nitrogen and oxygen atoms in total. The van der Waals surface area contributed by atoms with Crippen molar-refractivity contribution in [2.24, 2.45) is 7.05 Å². The molecule has 110 valence electrons. The largest absolute Gasteiger partial charge is 0.347 e. The first-order valence-corrected chi connectivity index (χ1v) is 6.81. The van der Waals surface area contributed by atoms with Crippen LogP contribution in [0.15, 0.2) is 18.3 Å². The highest BCUT2D eigenvalue weighted by molar-refractivity contribution is 6.04. The molecular formula is C14H22N4O2. The summed E-state index contributed by atoms with van der Waals surface area (Å²) < 4.78 is 1.69. The molecule has 0 aromatic carbocycles. The van der Waals surface area contributed by atoms with Crippen molar-refractivity contribution < 1.29 is 9.59 Å². The van der Waals surface area contributed by atoms with Crippen LogP contribution >= 0.6 is 0 Å². The summed E-state index contributed by atoms with van der Waals surface area (Å²) in [4.78, 5) is 26.1. The van der Waals surface area contributed by atoms with E-state index in [0.29, 0.717) is 5.69 Å². The summed E-state index contributed by atoms with van der Waals surface area (Å²) in [5, 5.41) is 5.75. The van der Waals surface area contributed by atoms with Crippen molar-refractivity contribution in [1.29, 1.82) is 0 Å². The zero-order chi connectivity index (χ0) is 14.8. The van der Waals surface area contributed by atoms with E-state index < -0.39 is 0 Å². The molecule has 1 aliphatic rings. The Balaban J connectivity index is 1.92. The van der Waals surface area contributed by atoms with Gasteiger partial charge in [-0.15, -0.1) is 0 Å². The lowest BCUT2D eigenvalue weighted by atomic mass is 10.0. The molecule has 1 aliphatic heterocycles. The van der Waals surface area contributed by atoms with Crippen LogP contribution < -0.4 is 10.6 Å². The Morgan fingerprint density at radius 2 is 2.20 bits per heavy atom. The van der Waals surface area contributed by atoms with E-state index in [1.54, 1.807) is 29.9 Å². The maximum atomic E-state index is 12.0. The molecule has 0 atom stereocenters. The molecule has 2 amide bonds. The van der Waals surface area contributed by atoms with Gasteiger partial charge >= 0.3 is 0 Å². The first-order chi connectivity index (χ1) is 9.40. The third-order valence-electron chi connectivity index (χ3n) is 3.74. The number of piperazine rings is 1. The van der Waals surface area contributed by atoms with E-state index in [1.807, 2.05) is 0 Å². The lowest BCUT2D eigenvalue weighted by Crippen LogP contribution is -2.60. The molecule has 0 saturated carbocycles. The monoisotopic (exact) mass is 278 g/mol. The summed E-state index contributed by atoms with van der Waals surface area (Å²) in [6.07, 6.45) is 1.78. The average molecular weight is 278 g/mol. The zero-order valence-corrected chi connectivity index (χ0v) is 12.3. The molecule has 6 heteroatoms. The fourth-order valence-electron chi connectivity index (χ4n) is 2.42. The first-order valence-electron chi connectivity index (χ1n) is 6.81. The highest BCUT2D eigenvalue weighted by Gasteiger charge is 2.31. The Kier molecular flexibility index (Phi) is 4.25. The maximum absolute atomic E-state index is 12.0. The third-order valence-corrected chi connectivity index (χ3v) is 3.74.